The molecule has 98 valence electrons. The number of fused-ring (bicyclic) bond motifs is 1. The number of hydrogen-bond acceptors (Lipinski definition) is 4. The number of piperazine rings is 1. The molecule has 0 aromatic carbocycles. The van der Waals surface area contributed by atoms with Gasteiger partial charge in [-0.05, 0) is 25.7 Å². The van der Waals surface area contributed by atoms with E-state index < -0.39 is 0 Å². The van der Waals surface area contributed by atoms with E-state index in [1.807, 2.05) is 7.05 Å². The third-order valence-corrected chi connectivity index (χ3v) is 3.94. The van der Waals surface area contributed by atoms with E-state index in [1.165, 1.54) is 0 Å². The van der Waals surface area contributed by atoms with E-state index in [-0.39, 0.29) is 5.56 Å². The highest BCUT2D eigenvalue weighted by atomic mass is 16.1. The first-order chi connectivity index (χ1) is 8.77. The van der Waals surface area contributed by atoms with Crippen molar-refractivity contribution in [1.29, 1.82) is 0 Å². The van der Waals surface area contributed by atoms with E-state index >= 15 is 0 Å². The van der Waals surface area contributed by atoms with Crippen molar-refractivity contribution < 1.29 is 0 Å². The predicted octanol–water partition coefficient (Wildman–Crippen LogP) is 0.0687. The highest BCUT2D eigenvalue weighted by Gasteiger charge is 2.21. The van der Waals surface area contributed by atoms with Gasteiger partial charge in [0.05, 0.1) is 5.69 Å². The number of nitrogens with zero attached hydrogens (tertiary/aromatic N) is 3. The molecule has 3 rings (SSSR count). The minimum atomic E-state index is 0.160. The Balaban J connectivity index is 2.04. The van der Waals surface area contributed by atoms with Crippen molar-refractivity contribution in [2.45, 2.75) is 25.7 Å². The van der Waals surface area contributed by atoms with Crippen LogP contribution in [-0.2, 0) is 19.9 Å². The summed E-state index contributed by atoms with van der Waals surface area (Å²) in [7, 11) is 1.85. The van der Waals surface area contributed by atoms with Crippen LogP contribution in [0.25, 0.3) is 0 Å². The third kappa shape index (κ3) is 1.92. The van der Waals surface area contributed by atoms with Gasteiger partial charge in [0.15, 0.2) is 0 Å². The van der Waals surface area contributed by atoms with Gasteiger partial charge in [-0.2, -0.15) is 0 Å². The van der Waals surface area contributed by atoms with E-state index in [2.05, 4.69) is 10.2 Å². The van der Waals surface area contributed by atoms with Crippen LogP contribution in [0.5, 0.6) is 0 Å². The molecule has 1 aliphatic heterocycles. The number of aryl methyl sites for hydroxylation is 1. The largest absolute Gasteiger partial charge is 0.340 e. The Hall–Kier alpha value is -1.36. The van der Waals surface area contributed by atoms with Crippen molar-refractivity contribution in [2.75, 3.05) is 31.1 Å². The molecule has 2 aliphatic rings. The standard InChI is InChI=1S/C13H20N4O/c1-16-12(18)10-4-2-3-5-11(10)15-13(16)17-8-6-14-7-9-17/h14H,2-9H2,1H3. The second kappa shape index (κ2) is 4.72. The summed E-state index contributed by atoms with van der Waals surface area (Å²) in [5.41, 5.74) is 2.15. The Morgan fingerprint density at radius 2 is 1.89 bits per heavy atom. The molecule has 0 bridgehead atoms. The van der Waals surface area contributed by atoms with Crippen LogP contribution in [-0.4, -0.2) is 35.7 Å². The maximum absolute atomic E-state index is 12.4. The van der Waals surface area contributed by atoms with Crippen molar-refractivity contribution in [3.05, 3.63) is 21.6 Å². The fourth-order valence-electron chi connectivity index (χ4n) is 2.88. The molecule has 1 N–H and O–H groups in total. The number of nitrogens with one attached hydrogen (secondary N) is 1. The molecule has 0 atom stereocenters. The summed E-state index contributed by atoms with van der Waals surface area (Å²) < 4.78 is 1.73. The lowest BCUT2D eigenvalue weighted by molar-refractivity contribution is 0.559. The molecule has 0 spiro atoms. The molecule has 2 heterocycles. The van der Waals surface area contributed by atoms with Gasteiger partial charge in [-0.1, -0.05) is 0 Å². The van der Waals surface area contributed by atoms with Crippen molar-refractivity contribution in [3.8, 4) is 0 Å². The Kier molecular flexibility index (Phi) is 3.07. The van der Waals surface area contributed by atoms with Crippen LogP contribution in [0.15, 0.2) is 4.79 Å². The molecular weight excluding hydrogens is 228 g/mol. The van der Waals surface area contributed by atoms with E-state index in [4.69, 9.17) is 4.98 Å². The molecule has 5 heteroatoms. The van der Waals surface area contributed by atoms with Gasteiger partial charge in [0, 0.05) is 38.8 Å². The molecule has 1 aliphatic carbocycles. The van der Waals surface area contributed by atoms with Crippen LogP contribution in [0.4, 0.5) is 5.95 Å². The summed E-state index contributed by atoms with van der Waals surface area (Å²) in [6.45, 7) is 3.79. The van der Waals surface area contributed by atoms with Gasteiger partial charge in [-0.25, -0.2) is 4.98 Å². The molecule has 18 heavy (non-hydrogen) atoms. The maximum Gasteiger partial charge on any atom is 0.258 e. The molecule has 1 fully saturated rings. The van der Waals surface area contributed by atoms with E-state index in [0.29, 0.717) is 0 Å². The fourth-order valence-corrected chi connectivity index (χ4v) is 2.88. The van der Waals surface area contributed by atoms with E-state index in [9.17, 15) is 4.79 Å². The van der Waals surface area contributed by atoms with Crippen molar-refractivity contribution in [2.24, 2.45) is 7.05 Å². The van der Waals surface area contributed by atoms with E-state index in [1.54, 1.807) is 4.57 Å². The smallest absolute Gasteiger partial charge is 0.258 e. The van der Waals surface area contributed by atoms with Gasteiger partial charge >= 0.3 is 0 Å². The first-order valence-corrected chi connectivity index (χ1v) is 6.82. The lowest BCUT2D eigenvalue weighted by Crippen LogP contribution is -2.46. The average molecular weight is 248 g/mol. The zero-order chi connectivity index (χ0) is 12.5. The highest BCUT2D eigenvalue weighted by Crippen LogP contribution is 2.19. The molecular formula is C13H20N4O. The molecule has 1 saturated heterocycles. The third-order valence-electron chi connectivity index (χ3n) is 3.94. The van der Waals surface area contributed by atoms with Crippen LogP contribution >= 0.6 is 0 Å². The van der Waals surface area contributed by atoms with Gasteiger partial charge in [0.1, 0.15) is 0 Å². The zero-order valence-corrected chi connectivity index (χ0v) is 10.9. The van der Waals surface area contributed by atoms with Gasteiger partial charge in [0.25, 0.3) is 5.56 Å². The average Bonchev–Trinajstić information content (AvgIpc) is 2.44. The summed E-state index contributed by atoms with van der Waals surface area (Å²) in [5.74, 6) is 0.849. The normalized spacial score (nSPS) is 19.7. The van der Waals surface area contributed by atoms with Gasteiger partial charge in [-0.3, -0.25) is 9.36 Å². The summed E-state index contributed by atoms with van der Waals surface area (Å²) in [6, 6.07) is 0. The van der Waals surface area contributed by atoms with Crippen molar-refractivity contribution >= 4 is 5.95 Å². The number of rotatable bonds is 1. The fraction of sp³-hybridized carbons (Fsp3) is 0.692. The molecule has 1 aromatic heterocycles. The van der Waals surface area contributed by atoms with Crippen LogP contribution in [0.3, 0.4) is 0 Å². The maximum atomic E-state index is 12.4. The van der Waals surface area contributed by atoms with Crippen LogP contribution in [0.1, 0.15) is 24.1 Å². The summed E-state index contributed by atoms with van der Waals surface area (Å²) in [4.78, 5) is 19.3. The Morgan fingerprint density at radius 1 is 1.17 bits per heavy atom. The Morgan fingerprint density at radius 3 is 2.67 bits per heavy atom. The number of aromatic nitrogens is 2. The second-order valence-electron chi connectivity index (χ2n) is 5.15. The monoisotopic (exact) mass is 248 g/mol. The van der Waals surface area contributed by atoms with Gasteiger partial charge in [-0.15, -0.1) is 0 Å². The van der Waals surface area contributed by atoms with Crippen molar-refractivity contribution in [3.63, 3.8) is 0 Å². The SMILES string of the molecule is Cn1c(N2CCNCC2)nc2c(c1=O)CCCC2. The molecule has 1 aromatic rings. The van der Waals surface area contributed by atoms with Gasteiger partial charge < -0.3 is 10.2 Å². The predicted molar refractivity (Wildman–Crippen MR) is 71.2 cm³/mol. The zero-order valence-electron chi connectivity index (χ0n) is 10.9. The summed E-state index contributed by atoms with van der Waals surface area (Å²) in [6.07, 6.45) is 4.15. The lowest BCUT2D eigenvalue weighted by atomic mass is 9.97. The van der Waals surface area contributed by atoms with Crippen LogP contribution in [0, 0.1) is 0 Å². The quantitative estimate of drug-likeness (QED) is 0.764. The van der Waals surface area contributed by atoms with Crippen LogP contribution < -0.4 is 15.8 Å². The molecule has 0 radical (unpaired) electrons. The topological polar surface area (TPSA) is 50.2 Å². The molecule has 0 saturated carbocycles. The number of hydrogen-bond donors (Lipinski definition) is 1. The minimum absolute atomic E-state index is 0.160. The second-order valence-corrected chi connectivity index (χ2v) is 5.15. The van der Waals surface area contributed by atoms with Gasteiger partial charge in [0.2, 0.25) is 5.95 Å². The first kappa shape index (κ1) is 11.7. The summed E-state index contributed by atoms with van der Waals surface area (Å²) in [5, 5.41) is 3.32. The molecule has 0 amide bonds. The molecule has 0 unspecified atom stereocenters. The lowest BCUT2D eigenvalue weighted by Gasteiger charge is -2.30. The highest BCUT2D eigenvalue weighted by molar-refractivity contribution is 5.36. The Bertz CT molecular complexity index is 502. The Labute approximate surface area is 107 Å². The summed E-state index contributed by atoms with van der Waals surface area (Å²) >= 11 is 0. The van der Waals surface area contributed by atoms with E-state index in [0.717, 1.165) is 69.1 Å². The number of anilines is 1. The van der Waals surface area contributed by atoms with Crippen LogP contribution in [0.2, 0.25) is 0 Å². The minimum Gasteiger partial charge on any atom is -0.340 e. The first-order valence-electron chi connectivity index (χ1n) is 6.82. The molecule has 5 nitrogen and oxygen atoms in total. The van der Waals surface area contributed by atoms with Crippen molar-refractivity contribution in [1.82, 2.24) is 14.9 Å².